The Morgan fingerprint density at radius 1 is 1.40 bits per heavy atom. The van der Waals surface area contributed by atoms with Gasteiger partial charge >= 0.3 is 0 Å². The van der Waals surface area contributed by atoms with Crippen LogP contribution in [-0.2, 0) is 0 Å². The van der Waals surface area contributed by atoms with Gasteiger partial charge in [-0.25, -0.2) is 4.39 Å². The van der Waals surface area contributed by atoms with Gasteiger partial charge in [-0.1, -0.05) is 11.6 Å². The van der Waals surface area contributed by atoms with E-state index in [1.165, 1.54) is 18.9 Å². The molecule has 0 spiro atoms. The van der Waals surface area contributed by atoms with Gasteiger partial charge in [0.25, 0.3) is 0 Å². The number of H-pyrrole nitrogens is 1. The Morgan fingerprint density at radius 3 is 2.80 bits per heavy atom. The van der Waals surface area contributed by atoms with Crippen LogP contribution in [0, 0.1) is 10.6 Å². The fourth-order valence-electron chi connectivity index (χ4n) is 2.98. The number of likely N-dealkylation sites (tertiary alicyclic amines) is 1. The molecule has 0 aliphatic carbocycles. The van der Waals surface area contributed by atoms with E-state index in [4.69, 9.17) is 23.8 Å². The molecule has 1 aliphatic rings. The van der Waals surface area contributed by atoms with Gasteiger partial charge in [-0.3, -0.25) is 0 Å². The summed E-state index contributed by atoms with van der Waals surface area (Å²) in [6.07, 6.45) is 2.52. The van der Waals surface area contributed by atoms with Gasteiger partial charge in [0, 0.05) is 18.7 Å². The van der Waals surface area contributed by atoms with Gasteiger partial charge in [-0.2, -0.15) is 0 Å². The fraction of sp³-hybridized carbons (Fsp3) is 0.500. The fourth-order valence-corrected chi connectivity index (χ4v) is 3.53. The SMILES string of the molecule is CC(CN1CCCC1)n1c(=S)[nH]c2cc(Cl)c(F)cc21. The van der Waals surface area contributed by atoms with Crippen LogP contribution in [0.1, 0.15) is 25.8 Å². The highest BCUT2D eigenvalue weighted by Gasteiger charge is 2.18. The largest absolute Gasteiger partial charge is 0.331 e. The van der Waals surface area contributed by atoms with Crippen molar-refractivity contribution in [3.05, 3.63) is 27.7 Å². The summed E-state index contributed by atoms with van der Waals surface area (Å²) in [5, 5.41) is 0.119. The maximum atomic E-state index is 13.7. The molecule has 3 nitrogen and oxygen atoms in total. The van der Waals surface area contributed by atoms with Crippen molar-refractivity contribution < 1.29 is 4.39 Å². The summed E-state index contributed by atoms with van der Waals surface area (Å²) in [5.41, 5.74) is 1.57. The normalized spacial score (nSPS) is 17.9. The maximum Gasteiger partial charge on any atom is 0.178 e. The maximum absolute atomic E-state index is 13.7. The Morgan fingerprint density at radius 2 is 2.10 bits per heavy atom. The second kappa shape index (κ2) is 5.47. The molecular formula is C14H17ClFN3S. The highest BCUT2D eigenvalue weighted by atomic mass is 35.5. The number of rotatable bonds is 3. The summed E-state index contributed by atoms with van der Waals surface area (Å²) >= 11 is 11.2. The van der Waals surface area contributed by atoms with Crippen molar-refractivity contribution in [2.24, 2.45) is 0 Å². The van der Waals surface area contributed by atoms with E-state index in [0.717, 1.165) is 30.7 Å². The predicted molar refractivity (Wildman–Crippen MR) is 82.5 cm³/mol. The summed E-state index contributed by atoms with van der Waals surface area (Å²) in [7, 11) is 0. The minimum atomic E-state index is -0.407. The van der Waals surface area contributed by atoms with Gasteiger partial charge in [0.15, 0.2) is 4.77 Å². The Hall–Kier alpha value is -0.910. The van der Waals surface area contributed by atoms with Crippen LogP contribution in [0.5, 0.6) is 0 Å². The average molecular weight is 314 g/mol. The van der Waals surface area contributed by atoms with Crippen molar-refractivity contribution in [1.82, 2.24) is 14.5 Å². The molecule has 0 amide bonds. The standard InChI is InChI=1S/C14H17ClFN3S/c1-9(8-18-4-2-3-5-18)19-13-7-11(16)10(15)6-12(13)17-14(19)20/h6-7,9H,2-5,8H2,1H3,(H,17,20). The molecule has 2 aromatic rings. The predicted octanol–water partition coefficient (Wildman–Crippen LogP) is 4.15. The van der Waals surface area contributed by atoms with Crippen molar-refractivity contribution in [2.45, 2.75) is 25.8 Å². The van der Waals surface area contributed by atoms with Crippen molar-refractivity contribution in [2.75, 3.05) is 19.6 Å². The molecule has 6 heteroatoms. The summed E-state index contributed by atoms with van der Waals surface area (Å²) in [5.74, 6) is -0.407. The quantitative estimate of drug-likeness (QED) is 0.861. The summed E-state index contributed by atoms with van der Waals surface area (Å²) in [6, 6.07) is 3.26. The molecule has 0 radical (unpaired) electrons. The lowest BCUT2D eigenvalue weighted by molar-refractivity contribution is 0.289. The Kier molecular flexibility index (Phi) is 3.84. The minimum absolute atomic E-state index is 0.119. The molecule has 1 N–H and O–H groups in total. The zero-order valence-electron chi connectivity index (χ0n) is 11.3. The molecule has 1 saturated heterocycles. The molecule has 1 unspecified atom stereocenters. The van der Waals surface area contributed by atoms with E-state index in [-0.39, 0.29) is 11.1 Å². The first-order valence-corrected chi connectivity index (χ1v) is 7.66. The number of hydrogen-bond donors (Lipinski definition) is 1. The molecule has 0 saturated carbocycles. The molecule has 1 aromatic carbocycles. The number of benzene rings is 1. The van der Waals surface area contributed by atoms with Crippen LogP contribution in [0.3, 0.4) is 0 Å². The lowest BCUT2D eigenvalue weighted by Crippen LogP contribution is -2.27. The van der Waals surface area contributed by atoms with Crippen molar-refractivity contribution in [3.8, 4) is 0 Å². The first-order chi connectivity index (χ1) is 9.56. The molecule has 0 bridgehead atoms. The number of fused-ring (bicyclic) bond motifs is 1. The number of hydrogen-bond acceptors (Lipinski definition) is 2. The van der Waals surface area contributed by atoms with Crippen LogP contribution in [0.2, 0.25) is 5.02 Å². The van der Waals surface area contributed by atoms with Crippen molar-refractivity contribution >= 4 is 34.9 Å². The van der Waals surface area contributed by atoms with E-state index in [1.807, 2.05) is 4.57 Å². The molecule has 1 aromatic heterocycles. The molecular weight excluding hydrogens is 297 g/mol. The van der Waals surface area contributed by atoms with E-state index in [2.05, 4.69) is 16.8 Å². The monoisotopic (exact) mass is 313 g/mol. The van der Waals surface area contributed by atoms with Gasteiger partial charge in [0.1, 0.15) is 5.82 Å². The highest BCUT2D eigenvalue weighted by Crippen LogP contribution is 2.26. The topological polar surface area (TPSA) is 24.0 Å². The van der Waals surface area contributed by atoms with Gasteiger partial charge < -0.3 is 14.5 Å². The average Bonchev–Trinajstić information content (AvgIpc) is 2.97. The van der Waals surface area contributed by atoms with Crippen LogP contribution in [-0.4, -0.2) is 34.1 Å². The van der Waals surface area contributed by atoms with E-state index in [0.29, 0.717) is 4.77 Å². The van der Waals surface area contributed by atoms with Gasteiger partial charge in [-0.15, -0.1) is 0 Å². The molecule has 1 atom stereocenters. The van der Waals surface area contributed by atoms with E-state index in [9.17, 15) is 4.39 Å². The molecule has 3 rings (SSSR count). The molecule has 20 heavy (non-hydrogen) atoms. The molecule has 1 aliphatic heterocycles. The Bertz CT molecular complexity index is 688. The molecule has 1 fully saturated rings. The van der Waals surface area contributed by atoms with Crippen LogP contribution >= 0.6 is 23.8 Å². The third-order valence-corrected chi connectivity index (χ3v) is 4.51. The summed E-state index contributed by atoms with van der Waals surface area (Å²) in [6.45, 7) is 5.33. The second-order valence-corrected chi connectivity index (χ2v) is 6.23. The first kappa shape index (κ1) is 14.0. The van der Waals surface area contributed by atoms with E-state index >= 15 is 0 Å². The van der Waals surface area contributed by atoms with Crippen molar-refractivity contribution in [1.29, 1.82) is 0 Å². The number of halogens is 2. The third kappa shape index (κ3) is 2.50. The van der Waals surface area contributed by atoms with Gasteiger partial charge in [-0.05, 0) is 51.1 Å². The van der Waals surface area contributed by atoms with Crippen LogP contribution in [0.15, 0.2) is 12.1 Å². The first-order valence-electron chi connectivity index (χ1n) is 6.88. The number of nitrogens with zero attached hydrogens (tertiary/aromatic N) is 2. The minimum Gasteiger partial charge on any atom is -0.331 e. The van der Waals surface area contributed by atoms with Crippen LogP contribution in [0.4, 0.5) is 4.39 Å². The van der Waals surface area contributed by atoms with E-state index < -0.39 is 5.82 Å². The zero-order chi connectivity index (χ0) is 14.3. The number of aromatic amines is 1. The number of imidazole rings is 1. The zero-order valence-corrected chi connectivity index (χ0v) is 12.9. The summed E-state index contributed by atoms with van der Waals surface area (Å²) < 4.78 is 16.3. The smallest absolute Gasteiger partial charge is 0.178 e. The third-order valence-electron chi connectivity index (χ3n) is 3.92. The highest BCUT2D eigenvalue weighted by molar-refractivity contribution is 7.71. The summed E-state index contributed by atoms with van der Waals surface area (Å²) in [4.78, 5) is 5.54. The van der Waals surface area contributed by atoms with E-state index in [1.54, 1.807) is 6.07 Å². The number of aromatic nitrogens is 2. The lowest BCUT2D eigenvalue weighted by Gasteiger charge is -2.22. The molecule has 2 heterocycles. The lowest BCUT2D eigenvalue weighted by atomic mass is 10.2. The van der Waals surface area contributed by atoms with Gasteiger partial charge in [0.2, 0.25) is 0 Å². The Balaban J connectivity index is 1.99. The van der Waals surface area contributed by atoms with Crippen molar-refractivity contribution in [3.63, 3.8) is 0 Å². The Labute approximate surface area is 127 Å². The second-order valence-electron chi connectivity index (χ2n) is 5.44. The molecule has 108 valence electrons. The van der Waals surface area contributed by atoms with Crippen LogP contribution in [0.25, 0.3) is 11.0 Å². The number of nitrogens with one attached hydrogen (secondary N) is 1. The van der Waals surface area contributed by atoms with Gasteiger partial charge in [0.05, 0.1) is 16.1 Å². The van der Waals surface area contributed by atoms with Crippen LogP contribution < -0.4 is 0 Å².